The Hall–Kier alpha value is -3.61. The van der Waals surface area contributed by atoms with Crippen LogP contribution in [0.15, 0.2) is 54.6 Å². The first kappa shape index (κ1) is 23.7. The zero-order chi connectivity index (χ0) is 22.9. The first-order chi connectivity index (χ1) is 14.6. The average Bonchev–Trinajstić information content (AvgIpc) is 2.70. The molecule has 7 nitrogen and oxygen atoms in total. The van der Waals surface area contributed by atoms with Crippen molar-refractivity contribution >= 4 is 29.7 Å². The molecule has 2 aromatic rings. The van der Waals surface area contributed by atoms with Gasteiger partial charge in [-0.25, -0.2) is 4.79 Å². The molecule has 0 aliphatic rings. The second-order valence-corrected chi connectivity index (χ2v) is 8.02. The van der Waals surface area contributed by atoms with Gasteiger partial charge in [0.25, 0.3) is 0 Å². The average molecular weight is 424 g/mol. The van der Waals surface area contributed by atoms with Crippen LogP contribution in [0.2, 0.25) is 0 Å². The van der Waals surface area contributed by atoms with E-state index in [0.717, 1.165) is 16.7 Å². The lowest BCUT2D eigenvalue weighted by molar-refractivity contribution is -0.120. The molecule has 3 N–H and O–H groups in total. The number of ether oxygens (including phenoxy) is 1. The fraction of sp³-hybridized carbons (Fsp3) is 0.292. The fourth-order valence-electron chi connectivity index (χ4n) is 2.54. The van der Waals surface area contributed by atoms with Gasteiger partial charge in [0.1, 0.15) is 12.1 Å². The number of amides is 3. The van der Waals surface area contributed by atoms with Gasteiger partial charge in [0.2, 0.25) is 11.8 Å². The number of nitrogens with one attached hydrogen (secondary N) is 3. The second-order valence-electron chi connectivity index (χ2n) is 8.02. The highest BCUT2D eigenvalue weighted by molar-refractivity contribution is 6.02. The number of hydrogen-bond donors (Lipinski definition) is 3. The van der Waals surface area contributed by atoms with Crippen LogP contribution in [0.25, 0.3) is 6.08 Å². The van der Waals surface area contributed by atoms with Crippen LogP contribution in [0, 0.1) is 6.92 Å². The zero-order valence-electron chi connectivity index (χ0n) is 18.3. The Bertz CT molecular complexity index is 944. The fourth-order valence-corrected chi connectivity index (χ4v) is 2.54. The van der Waals surface area contributed by atoms with Crippen molar-refractivity contribution < 1.29 is 19.1 Å². The molecule has 0 fully saturated rings. The summed E-state index contributed by atoms with van der Waals surface area (Å²) < 4.78 is 5.09. The molecule has 7 heteroatoms. The van der Waals surface area contributed by atoms with Crippen LogP contribution in [-0.4, -0.2) is 30.1 Å². The van der Waals surface area contributed by atoms with Crippen LogP contribution in [-0.2, 0) is 20.9 Å². The third-order valence-corrected chi connectivity index (χ3v) is 4.05. The summed E-state index contributed by atoms with van der Waals surface area (Å²) >= 11 is 0. The molecular weight excluding hydrogens is 394 g/mol. The lowest BCUT2D eigenvalue weighted by Gasteiger charge is -2.19. The number of aryl methyl sites for hydroxylation is 1. The molecular formula is C24H29N3O4. The maximum absolute atomic E-state index is 12.3. The van der Waals surface area contributed by atoms with Crippen molar-refractivity contribution in [3.8, 4) is 0 Å². The Labute approximate surface area is 182 Å². The van der Waals surface area contributed by atoms with Crippen molar-refractivity contribution in [3.05, 3.63) is 71.3 Å². The molecule has 0 atom stereocenters. The summed E-state index contributed by atoms with van der Waals surface area (Å²) in [5.41, 5.74) is 2.79. The van der Waals surface area contributed by atoms with Gasteiger partial charge in [-0.2, -0.15) is 0 Å². The van der Waals surface area contributed by atoms with Gasteiger partial charge >= 0.3 is 6.09 Å². The van der Waals surface area contributed by atoms with Crippen LogP contribution in [0.3, 0.4) is 0 Å². The van der Waals surface area contributed by atoms with Gasteiger partial charge in [-0.3, -0.25) is 9.59 Å². The van der Waals surface area contributed by atoms with Crippen molar-refractivity contribution in [2.24, 2.45) is 0 Å². The lowest BCUT2D eigenvalue weighted by Crippen LogP contribution is -2.39. The number of carbonyl (C=O) groups is 3. The number of para-hydroxylation sites is 1. The minimum atomic E-state index is -0.657. The molecule has 164 valence electrons. The molecule has 0 spiro atoms. The summed E-state index contributed by atoms with van der Waals surface area (Å²) in [5.74, 6) is -0.641. The lowest BCUT2D eigenvalue weighted by atomic mass is 10.1. The summed E-state index contributed by atoms with van der Waals surface area (Å²) in [4.78, 5) is 35.9. The third-order valence-electron chi connectivity index (χ3n) is 4.05. The molecule has 0 aliphatic carbocycles. The van der Waals surface area contributed by atoms with Gasteiger partial charge in [-0.15, -0.1) is 0 Å². The first-order valence-electron chi connectivity index (χ1n) is 9.99. The largest absolute Gasteiger partial charge is 0.444 e. The first-order valence-corrected chi connectivity index (χ1v) is 9.99. The predicted octanol–water partition coefficient (Wildman–Crippen LogP) is 3.79. The van der Waals surface area contributed by atoms with Crippen LogP contribution in [0.4, 0.5) is 10.5 Å². The van der Waals surface area contributed by atoms with Gasteiger partial charge in [0.15, 0.2) is 0 Å². The Morgan fingerprint density at radius 1 is 0.968 bits per heavy atom. The molecule has 0 saturated heterocycles. The SMILES string of the molecule is Cc1ccc(/C=C/C(=O)Nc2ccccc2CNC(=O)CNC(=O)OC(C)(C)C)cc1. The summed E-state index contributed by atoms with van der Waals surface area (Å²) in [5, 5.41) is 7.95. The molecule has 31 heavy (non-hydrogen) atoms. The summed E-state index contributed by atoms with van der Waals surface area (Å²) in [7, 11) is 0. The predicted molar refractivity (Wildman–Crippen MR) is 121 cm³/mol. The molecule has 2 aromatic carbocycles. The van der Waals surface area contributed by atoms with Crippen molar-refractivity contribution in [2.45, 2.75) is 39.8 Å². The van der Waals surface area contributed by atoms with E-state index in [-0.39, 0.29) is 24.9 Å². The third kappa shape index (κ3) is 9.16. The Morgan fingerprint density at radius 3 is 2.32 bits per heavy atom. The van der Waals surface area contributed by atoms with E-state index in [9.17, 15) is 14.4 Å². The van der Waals surface area contributed by atoms with Crippen LogP contribution in [0.5, 0.6) is 0 Å². The standard InChI is InChI=1S/C24H29N3O4/c1-17-9-11-18(12-10-17)13-14-21(28)27-20-8-6-5-7-19(20)15-25-22(29)16-26-23(30)31-24(2,3)4/h5-14H,15-16H2,1-4H3,(H,25,29)(H,26,30)(H,27,28)/b14-13+. The smallest absolute Gasteiger partial charge is 0.408 e. The van der Waals surface area contributed by atoms with Crippen LogP contribution >= 0.6 is 0 Å². The molecule has 0 radical (unpaired) electrons. The minimum Gasteiger partial charge on any atom is -0.444 e. The molecule has 0 heterocycles. The highest BCUT2D eigenvalue weighted by Crippen LogP contribution is 2.15. The summed E-state index contributed by atoms with van der Waals surface area (Å²) in [6.45, 7) is 7.23. The molecule has 0 aliphatic heterocycles. The number of anilines is 1. The van der Waals surface area contributed by atoms with E-state index in [1.807, 2.05) is 37.3 Å². The topological polar surface area (TPSA) is 96.5 Å². The van der Waals surface area contributed by atoms with Crippen LogP contribution < -0.4 is 16.0 Å². The number of carbonyl (C=O) groups excluding carboxylic acids is 3. The number of alkyl carbamates (subject to hydrolysis) is 1. The highest BCUT2D eigenvalue weighted by atomic mass is 16.6. The van der Waals surface area contributed by atoms with Crippen LogP contribution in [0.1, 0.15) is 37.5 Å². The van der Waals surface area contributed by atoms with E-state index in [1.54, 1.807) is 45.0 Å². The monoisotopic (exact) mass is 423 g/mol. The Kier molecular flexibility index (Phi) is 8.37. The molecule has 0 unspecified atom stereocenters. The maximum Gasteiger partial charge on any atom is 0.408 e. The molecule has 3 amide bonds. The van der Waals surface area contributed by atoms with Gasteiger partial charge in [0, 0.05) is 18.3 Å². The van der Waals surface area contributed by atoms with Crippen molar-refractivity contribution in [1.29, 1.82) is 0 Å². The maximum atomic E-state index is 12.3. The van der Waals surface area contributed by atoms with Gasteiger partial charge in [-0.05, 0) is 51.0 Å². The number of hydrogen-bond acceptors (Lipinski definition) is 4. The van der Waals surface area contributed by atoms with E-state index < -0.39 is 11.7 Å². The molecule has 0 saturated carbocycles. The quantitative estimate of drug-likeness (QED) is 0.591. The number of rotatable bonds is 7. The highest BCUT2D eigenvalue weighted by Gasteiger charge is 2.16. The van der Waals surface area contributed by atoms with Crippen molar-refractivity contribution in [1.82, 2.24) is 10.6 Å². The zero-order valence-corrected chi connectivity index (χ0v) is 18.3. The van der Waals surface area contributed by atoms with Gasteiger partial charge in [-0.1, -0.05) is 48.0 Å². The summed E-state index contributed by atoms with van der Waals surface area (Å²) in [6.07, 6.45) is 2.54. The van der Waals surface area contributed by atoms with E-state index >= 15 is 0 Å². The van der Waals surface area contributed by atoms with E-state index in [0.29, 0.717) is 5.69 Å². The minimum absolute atomic E-state index is 0.201. The summed E-state index contributed by atoms with van der Waals surface area (Å²) in [6, 6.07) is 15.0. The Morgan fingerprint density at radius 2 is 1.65 bits per heavy atom. The van der Waals surface area contributed by atoms with Gasteiger partial charge in [0.05, 0.1) is 0 Å². The van der Waals surface area contributed by atoms with Crippen molar-refractivity contribution in [2.75, 3.05) is 11.9 Å². The van der Waals surface area contributed by atoms with E-state index in [2.05, 4.69) is 16.0 Å². The van der Waals surface area contributed by atoms with E-state index in [1.165, 1.54) is 6.08 Å². The normalized spacial score (nSPS) is 11.1. The van der Waals surface area contributed by atoms with Gasteiger partial charge < -0.3 is 20.7 Å². The molecule has 0 bridgehead atoms. The molecule has 0 aromatic heterocycles. The molecule has 2 rings (SSSR count). The Balaban J connectivity index is 1.87. The van der Waals surface area contributed by atoms with Crippen molar-refractivity contribution in [3.63, 3.8) is 0 Å². The van der Waals surface area contributed by atoms with E-state index in [4.69, 9.17) is 4.74 Å². The number of benzene rings is 2. The second kappa shape index (κ2) is 11.0.